The van der Waals surface area contributed by atoms with Crippen LogP contribution in [0.5, 0.6) is 0 Å². The number of carboxylic acids is 1. The van der Waals surface area contributed by atoms with Gasteiger partial charge in [-0.3, -0.25) is 0 Å². The highest BCUT2D eigenvalue weighted by atomic mass is 16.6. The van der Waals surface area contributed by atoms with Crippen LogP contribution in [0.1, 0.15) is 21.6 Å². The van der Waals surface area contributed by atoms with Crippen LogP contribution in [0.2, 0.25) is 0 Å². The van der Waals surface area contributed by atoms with Gasteiger partial charge in [-0.2, -0.15) is 4.68 Å². The fourth-order valence-electron chi connectivity index (χ4n) is 1.77. The summed E-state index contributed by atoms with van der Waals surface area (Å²) in [4.78, 5) is 21.0. The van der Waals surface area contributed by atoms with Crippen molar-refractivity contribution in [3.05, 3.63) is 57.3 Å². The van der Waals surface area contributed by atoms with Crippen molar-refractivity contribution < 1.29 is 14.8 Å². The quantitative estimate of drug-likeness (QED) is 0.668. The molecule has 1 heterocycles. The molecule has 0 aliphatic rings. The van der Waals surface area contributed by atoms with Gasteiger partial charge in [0.25, 0.3) is 0 Å². The first-order valence-corrected chi connectivity index (χ1v) is 5.48. The van der Waals surface area contributed by atoms with Crippen molar-refractivity contribution in [2.24, 2.45) is 0 Å². The van der Waals surface area contributed by atoms with Crippen molar-refractivity contribution in [2.45, 2.75) is 13.5 Å². The zero-order valence-corrected chi connectivity index (χ0v) is 10.1. The summed E-state index contributed by atoms with van der Waals surface area (Å²) in [5.74, 6) is -1.71. The summed E-state index contributed by atoms with van der Waals surface area (Å²) in [6.45, 7) is 2.09. The predicted octanol–water partition coefficient (Wildman–Crippen LogP) is 1.85. The minimum atomic E-state index is -1.24. The van der Waals surface area contributed by atoms with Crippen LogP contribution < -0.4 is 0 Å². The normalized spacial score (nSPS) is 10.4. The summed E-state index contributed by atoms with van der Waals surface area (Å²) >= 11 is 0. The number of carboxylic acid groups (broad SMARTS) is 1. The van der Waals surface area contributed by atoms with Crippen LogP contribution in [0, 0.1) is 17.0 Å². The number of aromatic nitrogens is 2. The zero-order valence-electron chi connectivity index (χ0n) is 10.1. The third-order valence-corrected chi connectivity index (χ3v) is 2.59. The largest absolute Gasteiger partial charge is 0.476 e. The number of carbonyl (C=O) groups is 1. The van der Waals surface area contributed by atoms with Crippen LogP contribution in [0.15, 0.2) is 30.3 Å². The Morgan fingerprint density at radius 2 is 2.21 bits per heavy atom. The van der Waals surface area contributed by atoms with E-state index in [1.807, 2.05) is 31.2 Å². The summed E-state index contributed by atoms with van der Waals surface area (Å²) in [6, 6.07) is 8.39. The van der Waals surface area contributed by atoms with Gasteiger partial charge >= 0.3 is 11.8 Å². The maximum absolute atomic E-state index is 11.0. The first kappa shape index (κ1) is 12.7. The Hall–Kier alpha value is -2.70. The number of hydrogen-bond donors (Lipinski definition) is 1. The lowest BCUT2D eigenvalue weighted by atomic mass is 10.1. The van der Waals surface area contributed by atoms with Crippen LogP contribution >= 0.6 is 0 Å². The summed E-state index contributed by atoms with van der Waals surface area (Å²) < 4.78 is 1.12. The Balaban J connectivity index is 2.38. The summed E-state index contributed by atoms with van der Waals surface area (Å²) in [5, 5.41) is 23.3. The molecule has 0 saturated heterocycles. The van der Waals surface area contributed by atoms with E-state index in [1.54, 1.807) is 0 Å². The third-order valence-electron chi connectivity index (χ3n) is 2.59. The summed E-state index contributed by atoms with van der Waals surface area (Å²) in [7, 11) is 0. The molecule has 1 aromatic carbocycles. The van der Waals surface area contributed by atoms with Crippen LogP contribution in [0.3, 0.4) is 0 Å². The van der Waals surface area contributed by atoms with Gasteiger partial charge in [-0.1, -0.05) is 29.8 Å². The molecule has 98 valence electrons. The minimum Gasteiger partial charge on any atom is -0.476 e. The van der Waals surface area contributed by atoms with Gasteiger partial charge in [-0.25, -0.2) is 4.79 Å². The van der Waals surface area contributed by atoms with E-state index in [2.05, 4.69) is 5.10 Å². The highest BCUT2D eigenvalue weighted by Crippen LogP contribution is 2.14. The summed E-state index contributed by atoms with van der Waals surface area (Å²) in [6.07, 6.45) is 0. The van der Waals surface area contributed by atoms with E-state index in [0.717, 1.165) is 21.9 Å². The van der Waals surface area contributed by atoms with Crippen molar-refractivity contribution in [2.75, 3.05) is 0 Å². The lowest BCUT2D eigenvalue weighted by molar-refractivity contribution is -0.389. The van der Waals surface area contributed by atoms with Gasteiger partial charge in [0.05, 0.1) is 17.7 Å². The maximum atomic E-state index is 11.0. The fourth-order valence-corrected chi connectivity index (χ4v) is 1.77. The molecule has 0 fully saturated rings. The molecular weight excluding hydrogens is 250 g/mol. The molecule has 0 amide bonds. The Kier molecular flexibility index (Phi) is 3.28. The molecule has 19 heavy (non-hydrogen) atoms. The van der Waals surface area contributed by atoms with Crippen molar-refractivity contribution >= 4 is 11.8 Å². The molecule has 2 rings (SSSR count). The van der Waals surface area contributed by atoms with Gasteiger partial charge < -0.3 is 15.2 Å². The average molecular weight is 261 g/mol. The molecule has 1 N–H and O–H groups in total. The molecule has 0 radical (unpaired) electrons. The highest BCUT2D eigenvalue weighted by molar-refractivity contribution is 5.86. The molecule has 0 saturated carbocycles. The Labute approximate surface area is 108 Å². The van der Waals surface area contributed by atoms with Crippen molar-refractivity contribution in [3.63, 3.8) is 0 Å². The van der Waals surface area contributed by atoms with E-state index in [0.29, 0.717) is 0 Å². The molecule has 0 aliphatic carbocycles. The molecule has 0 bridgehead atoms. The van der Waals surface area contributed by atoms with Crippen LogP contribution in [-0.2, 0) is 6.54 Å². The number of aryl methyl sites for hydroxylation is 1. The monoisotopic (exact) mass is 261 g/mol. The Morgan fingerprint density at radius 3 is 2.79 bits per heavy atom. The number of nitrogens with zero attached hydrogens (tertiary/aromatic N) is 3. The van der Waals surface area contributed by atoms with Gasteiger partial charge in [-0.05, 0) is 17.4 Å². The Morgan fingerprint density at radius 1 is 1.47 bits per heavy atom. The molecule has 7 nitrogen and oxygen atoms in total. The van der Waals surface area contributed by atoms with E-state index in [-0.39, 0.29) is 12.2 Å². The van der Waals surface area contributed by atoms with Crippen LogP contribution in [-0.4, -0.2) is 25.8 Å². The minimum absolute atomic E-state index is 0.178. The van der Waals surface area contributed by atoms with E-state index in [9.17, 15) is 14.9 Å². The SMILES string of the molecule is Cc1cccc(Cn2nc([N+](=O)[O-])cc2C(=O)O)c1. The second kappa shape index (κ2) is 4.89. The van der Waals surface area contributed by atoms with Gasteiger partial charge in [-0.15, -0.1) is 0 Å². The van der Waals surface area contributed by atoms with E-state index >= 15 is 0 Å². The number of nitro groups is 1. The number of hydrogen-bond acceptors (Lipinski definition) is 4. The first-order chi connectivity index (χ1) is 8.97. The van der Waals surface area contributed by atoms with Gasteiger partial charge in [0.2, 0.25) is 0 Å². The number of rotatable bonds is 4. The predicted molar refractivity (Wildman–Crippen MR) is 66.1 cm³/mol. The zero-order chi connectivity index (χ0) is 14.0. The van der Waals surface area contributed by atoms with E-state index in [1.165, 1.54) is 0 Å². The second-order valence-corrected chi connectivity index (χ2v) is 4.10. The third kappa shape index (κ3) is 2.76. The average Bonchev–Trinajstić information content (AvgIpc) is 2.73. The smallest absolute Gasteiger partial charge is 0.390 e. The topological polar surface area (TPSA) is 98.3 Å². The lowest BCUT2D eigenvalue weighted by Crippen LogP contribution is -2.11. The molecule has 0 atom stereocenters. The molecule has 2 aromatic rings. The fraction of sp³-hybridized carbons (Fsp3) is 0.167. The van der Waals surface area contributed by atoms with E-state index < -0.39 is 16.7 Å². The molecule has 0 aliphatic heterocycles. The highest BCUT2D eigenvalue weighted by Gasteiger charge is 2.22. The lowest BCUT2D eigenvalue weighted by Gasteiger charge is -2.01. The molecule has 7 heteroatoms. The molecular formula is C12H11N3O4. The molecule has 1 aromatic heterocycles. The van der Waals surface area contributed by atoms with E-state index in [4.69, 9.17) is 5.11 Å². The second-order valence-electron chi connectivity index (χ2n) is 4.10. The van der Waals surface area contributed by atoms with Gasteiger partial charge in [0.1, 0.15) is 0 Å². The first-order valence-electron chi connectivity index (χ1n) is 5.48. The van der Waals surface area contributed by atoms with Crippen LogP contribution in [0.25, 0.3) is 0 Å². The molecule has 0 unspecified atom stereocenters. The maximum Gasteiger partial charge on any atom is 0.390 e. The van der Waals surface area contributed by atoms with Gasteiger partial charge in [0.15, 0.2) is 5.69 Å². The number of benzene rings is 1. The summed E-state index contributed by atoms with van der Waals surface area (Å²) in [5.41, 5.74) is 1.66. The van der Waals surface area contributed by atoms with Crippen molar-refractivity contribution in [1.82, 2.24) is 9.78 Å². The standard InChI is InChI=1S/C12H11N3O4/c1-8-3-2-4-9(5-8)7-14-10(12(16)17)6-11(13-14)15(18)19/h2-6H,7H2,1H3,(H,16,17). The Bertz CT molecular complexity index is 648. The van der Waals surface area contributed by atoms with Crippen LogP contribution in [0.4, 0.5) is 5.82 Å². The molecule has 0 spiro atoms. The van der Waals surface area contributed by atoms with Crippen molar-refractivity contribution in [1.29, 1.82) is 0 Å². The number of aromatic carboxylic acids is 1. The van der Waals surface area contributed by atoms with Gasteiger partial charge in [0, 0.05) is 0 Å². The van der Waals surface area contributed by atoms with Crippen molar-refractivity contribution in [3.8, 4) is 0 Å².